The van der Waals surface area contributed by atoms with Crippen molar-refractivity contribution in [3.8, 4) is 16.5 Å². The molecule has 3 heterocycles. The molecule has 0 unspecified atom stereocenters. The van der Waals surface area contributed by atoms with E-state index in [2.05, 4.69) is 20.4 Å². The summed E-state index contributed by atoms with van der Waals surface area (Å²) in [6.07, 6.45) is 2.84. The summed E-state index contributed by atoms with van der Waals surface area (Å²) < 4.78 is 1.49. The van der Waals surface area contributed by atoms with Crippen molar-refractivity contribution in [3.63, 3.8) is 0 Å². The van der Waals surface area contributed by atoms with Gasteiger partial charge in [-0.25, -0.2) is 4.98 Å². The first-order chi connectivity index (χ1) is 12.6. The number of aromatic amines is 1. The Labute approximate surface area is 155 Å². The van der Waals surface area contributed by atoms with Gasteiger partial charge >= 0.3 is 0 Å². The van der Waals surface area contributed by atoms with Crippen molar-refractivity contribution in [2.45, 2.75) is 39.5 Å². The quantitative estimate of drug-likeness (QED) is 0.666. The van der Waals surface area contributed by atoms with E-state index in [9.17, 15) is 9.59 Å². The summed E-state index contributed by atoms with van der Waals surface area (Å²) in [4.78, 5) is 32.2. The third-order valence-corrected chi connectivity index (χ3v) is 4.75. The highest BCUT2D eigenvalue weighted by atomic mass is 32.1. The van der Waals surface area contributed by atoms with Crippen LogP contribution in [0.25, 0.3) is 16.5 Å². The SMILES string of the molecule is CCCCC(=O)Nc1cc(-c2cccs2)nn1-c1nc(CC)cc(=O)[nH]1. The molecule has 3 aromatic heterocycles. The molecule has 0 bridgehead atoms. The normalized spacial score (nSPS) is 10.8. The summed E-state index contributed by atoms with van der Waals surface area (Å²) in [6, 6.07) is 7.16. The molecule has 7 nitrogen and oxygen atoms in total. The van der Waals surface area contributed by atoms with Crippen LogP contribution in [0.3, 0.4) is 0 Å². The van der Waals surface area contributed by atoms with Crippen LogP contribution in [0.15, 0.2) is 34.4 Å². The molecular formula is C18H21N5O2S. The Morgan fingerprint density at radius 1 is 1.35 bits per heavy atom. The number of hydrogen-bond donors (Lipinski definition) is 2. The maximum Gasteiger partial charge on any atom is 0.252 e. The number of unbranched alkanes of at least 4 members (excludes halogenated alkanes) is 1. The number of aromatic nitrogens is 4. The molecule has 136 valence electrons. The number of rotatable bonds is 7. The molecule has 0 radical (unpaired) electrons. The van der Waals surface area contributed by atoms with Crippen LogP contribution in [0.2, 0.25) is 0 Å². The lowest BCUT2D eigenvalue weighted by molar-refractivity contribution is -0.116. The zero-order chi connectivity index (χ0) is 18.5. The molecule has 0 aromatic carbocycles. The molecule has 0 aliphatic heterocycles. The van der Waals surface area contributed by atoms with Crippen molar-refractivity contribution in [1.29, 1.82) is 0 Å². The second-order valence-electron chi connectivity index (χ2n) is 5.87. The third kappa shape index (κ3) is 4.08. The monoisotopic (exact) mass is 371 g/mol. The van der Waals surface area contributed by atoms with Crippen molar-refractivity contribution >= 4 is 23.1 Å². The zero-order valence-electron chi connectivity index (χ0n) is 14.8. The number of nitrogens with one attached hydrogen (secondary N) is 2. The van der Waals surface area contributed by atoms with Crippen LogP contribution in [-0.4, -0.2) is 25.7 Å². The van der Waals surface area contributed by atoms with Crippen molar-refractivity contribution in [2.24, 2.45) is 0 Å². The molecule has 0 aliphatic carbocycles. The standard InChI is InChI=1S/C18H21N5O2S/c1-3-5-8-16(24)20-15-11-13(14-7-6-9-26-14)22-23(15)18-19-12(4-2)10-17(25)21-18/h6-7,9-11H,3-5,8H2,1-2H3,(H,20,24)(H,19,21,25). The number of carbonyl (C=O) groups is 1. The highest BCUT2D eigenvalue weighted by Gasteiger charge is 2.16. The molecule has 3 rings (SSSR count). The van der Waals surface area contributed by atoms with Gasteiger partial charge in [-0.15, -0.1) is 11.3 Å². The van der Waals surface area contributed by atoms with Crippen LogP contribution in [0.1, 0.15) is 38.8 Å². The lowest BCUT2D eigenvalue weighted by Gasteiger charge is -2.08. The minimum Gasteiger partial charge on any atom is -0.310 e. The second kappa shape index (κ2) is 8.09. The lowest BCUT2D eigenvalue weighted by atomic mass is 10.2. The number of carbonyl (C=O) groups excluding carboxylic acids is 1. The lowest BCUT2D eigenvalue weighted by Crippen LogP contribution is -2.19. The second-order valence-corrected chi connectivity index (χ2v) is 6.82. The van der Waals surface area contributed by atoms with Crippen LogP contribution in [0.4, 0.5) is 5.82 Å². The minimum atomic E-state index is -0.247. The average molecular weight is 371 g/mol. The number of anilines is 1. The number of aryl methyl sites for hydroxylation is 1. The summed E-state index contributed by atoms with van der Waals surface area (Å²) in [5.41, 5.74) is 1.14. The molecule has 1 amide bonds. The van der Waals surface area contributed by atoms with Crippen molar-refractivity contribution in [1.82, 2.24) is 19.7 Å². The number of thiophene rings is 1. The molecular weight excluding hydrogens is 350 g/mol. The van der Waals surface area contributed by atoms with E-state index in [1.807, 2.05) is 31.4 Å². The van der Waals surface area contributed by atoms with Crippen molar-refractivity contribution < 1.29 is 4.79 Å². The summed E-state index contributed by atoms with van der Waals surface area (Å²) in [6.45, 7) is 3.97. The van der Waals surface area contributed by atoms with Crippen LogP contribution >= 0.6 is 11.3 Å². The molecule has 3 aromatic rings. The number of hydrogen-bond acceptors (Lipinski definition) is 5. The zero-order valence-corrected chi connectivity index (χ0v) is 15.6. The largest absolute Gasteiger partial charge is 0.310 e. The summed E-state index contributed by atoms with van der Waals surface area (Å²) in [7, 11) is 0. The molecule has 0 saturated heterocycles. The Kier molecular flexibility index (Phi) is 5.62. The first kappa shape index (κ1) is 18.1. The van der Waals surface area contributed by atoms with Crippen LogP contribution in [-0.2, 0) is 11.2 Å². The van der Waals surface area contributed by atoms with Gasteiger partial charge < -0.3 is 5.32 Å². The predicted octanol–water partition coefficient (Wildman–Crippen LogP) is 3.38. The fraction of sp³-hybridized carbons (Fsp3) is 0.333. The van der Waals surface area contributed by atoms with Gasteiger partial charge in [0.15, 0.2) is 0 Å². The Morgan fingerprint density at radius 3 is 2.88 bits per heavy atom. The topological polar surface area (TPSA) is 92.7 Å². The molecule has 8 heteroatoms. The van der Waals surface area contributed by atoms with E-state index in [4.69, 9.17) is 0 Å². The van der Waals surface area contributed by atoms with E-state index in [-0.39, 0.29) is 11.5 Å². The molecule has 0 atom stereocenters. The van der Waals surface area contributed by atoms with Gasteiger partial charge in [-0.05, 0) is 24.3 Å². The number of nitrogens with zero attached hydrogens (tertiary/aromatic N) is 3. The highest BCUT2D eigenvalue weighted by Crippen LogP contribution is 2.27. The highest BCUT2D eigenvalue weighted by molar-refractivity contribution is 7.13. The fourth-order valence-corrected chi connectivity index (χ4v) is 3.18. The molecule has 0 saturated carbocycles. The average Bonchev–Trinajstić information content (AvgIpc) is 3.29. The van der Waals surface area contributed by atoms with E-state index >= 15 is 0 Å². The molecule has 2 N–H and O–H groups in total. The van der Waals surface area contributed by atoms with Gasteiger partial charge in [0.1, 0.15) is 11.5 Å². The maximum absolute atomic E-state index is 12.2. The van der Waals surface area contributed by atoms with Gasteiger partial charge in [0, 0.05) is 24.2 Å². The first-order valence-electron chi connectivity index (χ1n) is 8.65. The Balaban J connectivity index is 2.03. The van der Waals surface area contributed by atoms with Gasteiger partial charge in [-0.1, -0.05) is 26.3 Å². The van der Waals surface area contributed by atoms with E-state index in [0.29, 0.717) is 30.3 Å². The Bertz CT molecular complexity index is 943. The Morgan fingerprint density at radius 2 is 2.19 bits per heavy atom. The number of amides is 1. The Hall–Kier alpha value is -2.74. The van der Waals surface area contributed by atoms with Crippen molar-refractivity contribution in [2.75, 3.05) is 5.32 Å². The first-order valence-corrected chi connectivity index (χ1v) is 9.53. The van der Waals surface area contributed by atoms with E-state index in [1.165, 1.54) is 10.7 Å². The van der Waals surface area contributed by atoms with Gasteiger partial charge in [-0.2, -0.15) is 9.78 Å². The smallest absolute Gasteiger partial charge is 0.252 e. The summed E-state index contributed by atoms with van der Waals surface area (Å²) in [5, 5.41) is 9.40. The van der Waals surface area contributed by atoms with E-state index in [0.717, 1.165) is 23.4 Å². The third-order valence-electron chi connectivity index (χ3n) is 3.85. The molecule has 26 heavy (non-hydrogen) atoms. The summed E-state index contributed by atoms with van der Waals surface area (Å²) in [5.74, 6) is 0.702. The van der Waals surface area contributed by atoms with Gasteiger partial charge in [-0.3, -0.25) is 14.6 Å². The van der Waals surface area contributed by atoms with Crippen LogP contribution in [0.5, 0.6) is 0 Å². The van der Waals surface area contributed by atoms with Gasteiger partial charge in [0.25, 0.3) is 5.56 Å². The molecule has 0 aliphatic rings. The van der Waals surface area contributed by atoms with E-state index in [1.54, 1.807) is 17.4 Å². The van der Waals surface area contributed by atoms with Gasteiger partial charge in [0.2, 0.25) is 11.9 Å². The minimum absolute atomic E-state index is 0.0836. The molecule has 0 fully saturated rings. The van der Waals surface area contributed by atoms with Gasteiger partial charge in [0.05, 0.1) is 4.88 Å². The molecule has 0 spiro atoms. The number of H-pyrrole nitrogens is 1. The fourth-order valence-electron chi connectivity index (χ4n) is 2.49. The van der Waals surface area contributed by atoms with Crippen LogP contribution < -0.4 is 10.9 Å². The maximum atomic E-state index is 12.2. The van der Waals surface area contributed by atoms with E-state index < -0.39 is 0 Å². The van der Waals surface area contributed by atoms with Crippen molar-refractivity contribution in [3.05, 3.63) is 45.7 Å². The summed E-state index contributed by atoms with van der Waals surface area (Å²) >= 11 is 1.56. The van der Waals surface area contributed by atoms with Crippen LogP contribution in [0, 0.1) is 0 Å². The predicted molar refractivity (Wildman–Crippen MR) is 103 cm³/mol.